The van der Waals surface area contributed by atoms with Crippen LogP contribution in [-0.4, -0.2) is 172 Å². The van der Waals surface area contributed by atoms with E-state index in [-0.39, 0.29) is 51.1 Å². The molecular formula is C61H85N13O13. The number of amides is 12. The number of aliphatic hydroxyl groups is 1. The summed E-state index contributed by atoms with van der Waals surface area (Å²) >= 11 is 0. The molecule has 0 saturated carbocycles. The Morgan fingerprint density at radius 2 is 1.01 bits per heavy atom. The van der Waals surface area contributed by atoms with E-state index in [1.54, 1.807) is 81.4 Å². The smallest absolute Gasteiger partial charge is 0.246 e. The lowest BCUT2D eigenvalue weighted by molar-refractivity contribution is -0.144. The van der Waals surface area contributed by atoms with Crippen LogP contribution < -0.4 is 59.7 Å². The average Bonchev–Trinajstić information content (AvgIpc) is 3.36. The molecule has 87 heavy (non-hydrogen) atoms. The fraction of sp³-hybridized carbons (Fsp3) is 0.508. The molecule has 2 aliphatic rings. The molecule has 26 nitrogen and oxygen atoms in total. The molecule has 0 aliphatic carbocycles. The zero-order chi connectivity index (χ0) is 64.1. The van der Waals surface area contributed by atoms with Gasteiger partial charge < -0.3 is 74.6 Å². The maximum atomic E-state index is 14.2. The highest BCUT2D eigenvalue weighted by molar-refractivity contribution is 6.00. The number of carbonyl (C=O) groups is 12. The van der Waals surface area contributed by atoms with Gasteiger partial charge in [-0.2, -0.15) is 0 Å². The first kappa shape index (κ1) is 69.0. The average molecular weight is 1210 g/mol. The number of hydrogen-bond acceptors (Lipinski definition) is 14. The molecule has 26 heteroatoms. The van der Waals surface area contributed by atoms with Gasteiger partial charge in [-0.15, -0.1) is 0 Å². The minimum atomic E-state index is -1.75. The van der Waals surface area contributed by atoms with E-state index in [1.807, 2.05) is 37.3 Å². The number of primary amides is 2. The van der Waals surface area contributed by atoms with Crippen LogP contribution in [0.15, 0.2) is 91.0 Å². The minimum absolute atomic E-state index is 0.00952. The van der Waals surface area contributed by atoms with Crippen LogP contribution in [0, 0.1) is 11.8 Å². The second-order valence-electron chi connectivity index (χ2n) is 22.6. The van der Waals surface area contributed by atoms with Crippen LogP contribution in [0.2, 0.25) is 0 Å². The van der Waals surface area contributed by atoms with Gasteiger partial charge in [0.2, 0.25) is 70.9 Å². The lowest BCUT2D eigenvalue weighted by Gasteiger charge is -2.33. The van der Waals surface area contributed by atoms with E-state index >= 15 is 0 Å². The van der Waals surface area contributed by atoms with Gasteiger partial charge >= 0.3 is 0 Å². The highest BCUT2D eigenvalue weighted by Gasteiger charge is 2.43. The first-order valence-corrected chi connectivity index (χ1v) is 29.4. The summed E-state index contributed by atoms with van der Waals surface area (Å²) in [6.45, 7) is 8.97. The Morgan fingerprint density at radius 1 is 0.529 bits per heavy atom. The van der Waals surface area contributed by atoms with Gasteiger partial charge in [0.05, 0.1) is 25.1 Å². The molecule has 2 saturated heterocycles. The molecule has 0 spiro atoms. The lowest BCUT2D eigenvalue weighted by Crippen LogP contribution is -2.62. The van der Waals surface area contributed by atoms with Crippen molar-refractivity contribution in [2.24, 2.45) is 29.0 Å². The number of nitrogens with two attached hydrogens (primary N) is 3. The van der Waals surface area contributed by atoms with Crippen molar-refractivity contribution in [3.05, 3.63) is 108 Å². The molecule has 15 N–H and O–H groups in total. The van der Waals surface area contributed by atoms with Crippen LogP contribution in [0.4, 0.5) is 0 Å². The van der Waals surface area contributed by atoms with E-state index in [9.17, 15) is 62.6 Å². The Morgan fingerprint density at radius 3 is 1.53 bits per heavy atom. The van der Waals surface area contributed by atoms with E-state index in [0.29, 0.717) is 24.8 Å². The Bertz CT molecular complexity index is 2900. The summed E-state index contributed by atoms with van der Waals surface area (Å²) in [5.74, 6) is -10.6. The summed E-state index contributed by atoms with van der Waals surface area (Å²) in [5, 5.41) is 31.3. The van der Waals surface area contributed by atoms with E-state index in [2.05, 4.69) is 42.5 Å². The number of rotatable bonds is 31. The van der Waals surface area contributed by atoms with Gasteiger partial charge in [-0.25, -0.2) is 0 Å². The molecule has 12 amide bonds. The molecule has 3 aromatic rings. The summed E-state index contributed by atoms with van der Waals surface area (Å²) in [4.78, 5) is 165. The normalized spacial score (nSPS) is 18.1. The minimum Gasteiger partial charge on any atom is -0.391 e. The van der Waals surface area contributed by atoms with Crippen LogP contribution in [0.1, 0.15) is 96.8 Å². The monoisotopic (exact) mass is 1210 g/mol. The van der Waals surface area contributed by atoms with E-state index < -0.39 is 156 Å². The van der Waals surface area contributed by atoms with Crippen molar-refractivity contribution in [1.29, 1.82) is 0 Å². The summed E-state index contributed by atoms with van der Waals surface area (Å²) in [7, 11) is 0. The quantitative estimate of drug-likeness (QED) is 0.0332. The molecule has 2 fully saturated rings. The van der Waals surface area contributed by atoms with Crippen LogP contribution in [0.5, 0.6) is 0 Å². The fourth-order valence-electron chi connectivity index (χ4n) is 10.3. The molecule has 5 rings (SSSR count). The van der Waals surface area contributed by atoms with Gasteiger partial charge in [0.15, 0.2) is 0 Å². The van der Waals surface area contributed by atoms with Crippen LogP contribution in [0.3, 0.4) is 0 Å². The van der Waals surface area contributed by atoms with Gasteiger partial charge in [-0.05, 0) is 74.5 Å². The van der Waals surface area contributed by atoms with Crippen molar-refractivity contribution in [1.82, 2.24) is 52.3 Å². The molecule has 2 unspecified atom stereocenters. The topological polar surface area (TPSA) is 406 Å². The van der Waals surface area contributed by atoms with Crippen molar-refractivity contribution in [3.8, 4) is 0 Å². The van der Waals surface area contributed by atoms with Gasteiger partial charge in [0, 0.05) is 25.9 Å². The lowest BCUT2D eigenvalue weighted by atomic mass is 9.96. The molecule has 12 atom stereocenters. The second-order valence-corrected chi connectivity index (χ2v) is 22.6. The maximum absolute atomic E-state index is 14.2. The van der Waals surface area contributed by atoms with Gasteiger partial charge in [0.1, 0.15) is 54.4 Å². The number of nitrogens with zero attached hydrogens (tertiary/aromatic N) is 2. The summed E-state index contributed by atoms with van der Waals surface area (Å²) in [5.41, 5.74) is 19.6. The maximum Gasteiger partial charge on any atom is 0.246 e. The van der Waals surface area contributed by atoms with Gasteiger partial charge in [0.25, 0.3) is 0 Å². The largest absolute Gasteiger partial charge is 0.391 e. The zero-order valence-electron chi connectivity index (χ0n) is 50.1. The number of nitrogens with one attached hydrogen (secondary N) is 8. The third kappa shape index (κ3) is 20.4. The van der Waals surface area contributed by atoms with Crippen molar-refractivity contribution < 1.29 is 62.6 Å². The molecule has 0 aromatic heterocycles. The van der Waals surface area contributed by atoms with Crippen LogP contribution in [-0.2, 0) is 76.8 Å². The van der Waals surface area contributed by atoms with Crippen molar-refractivity contribution in [3.63, 3.8) is 0 Å². The van der Waals surface area contributed by atoms with Crippen LogP contribution in [0.25, 0.3) is 0 Å². The summed E-state index contributed by atoms with van der Waals surface area (Å²) in [6.07, 6.45) is -0.448. The van der Waals surface area contributed by atoms with Gasteiger partial charge in [-0.3, -0.25) is 57.5 Å². The Kier molecular flexibility index (Phi) is 26.3. The number of likely N-dealkylation sites (tertiary alicyclic amines) is 2. The zero-order valence-corrected chi connectivity index (χ0v) is 50.1. The van der Waals surface area contributed by atoms with E-state index in [0.717, 1.165) is 11.1 Å². The standard InChI is InChI=1S/C61H85N13O13/c1-7-35(4)50(71-54(80)41(62)29-38-19-11-8-12-20-38)61(87)74-28-18-26-46(74)58(84)72-51(37(6)75)60(86)69-44(32-47(63)76)56(82)70-49(34(2)3)59(85)65-33-48(77)73-27-17-25-45(73)57(83)68-43(31-40-23-15-10-16-24-40)55(81)66-36(5)53(79)67-42(52(64)78)30-39-21-13-9-14-22-39/h8-16,19-24,34-37,41-46,49-51,75H,7,17-18,25-33,62H2,1-6H3,(H2,63,76)(H2,64,78)(H,65,85)(H,66,81)(H,67,79)(H,68,83)(H,69,86)(H,70,82)(H,71,80)(H,72,84)/t35?,36-,37?,41-,42-,43-,44-,45-,46-,49-,50-,51-/m0/s1. The summed E-state index contributed by atoms with van der Waals surface area (Å²) in [6, 6.07) is 14.1. The molecule has 0 bridgehead atoms. The predicted molar refractivity (Wildman–Crippen MR) is 319 cm³/mol. The number of carbonyl (C=O) groups excluding carboxylic acids is 12. The molecule has 3 aromatic carbocycles. The molecule has 472 valence electrons. The highest BCUT2D eigenvalue weighted by Crippen LogP contribution is 2.23. The first-order chi connectivity index (χ1) is 41.3. The van der Waals surface area contributed by atoms with E-state index in [4.69, 9.17) is 17.2 Å². The Labute approximate surface area is 506 Å². The SMILES string of the molecule is CCC(C)[C@H](NC(=O)[C@@H](N)Cc1ccccc1)C(=O)N1CCC[C@H]1C(=O)N[C@H](C(=O)N[C@@H](CC(N)=O)C(=O)N[C@H](C(=O)NCC(=O)N1CCC[C@H]1C(=O)N[C@@H](Cc1ccccc1)C(=O)N[C@@H](C)C(=O)N[C@@H](Cc1ccccc1)C(N)=O)C(C)C)C(C)O. The second kappa shape index (κ2) is 33.2. The molecule has 2 aliphatic heterocycles. The fourth-order valence-corrected chi connectivity index (χ4v) is 10.3. The van der Waals surface area contributed by atoms with Crippen LogP contribution >= 0.6 is 0 Å². The van der Waals surface area contributed by atoms with Crippen molar-refractivity contribution >= 4 is 70.9 Å². The predicted octanol–water partition coefficient (Wildman–Crippen LogP) is -2.00. The Balaban J connectivity index is 1.19. The van der Waals surface area contributed by atoms with Gasteiger partial charge in [-0.1, -0.05) is 125 Å². The first-order valence-electron chi connectivity index (χ1n) is 29.4. The number of hydrogen-bond donors (Lipinski definition) is 12. The number of benzene rings is 3. The third-order valence-corrected chi connectivity index (χ3v) is 15.5. The van der Waals surface area contributed by atoms with Crippen molar-refractivity contribution in [2.45, 2.75) is 166 Å². The molecule has 0 radical (unpaired) electrons. The highest BCUT2D eigenvalue weighted by atomic mass is 16.3. The number of aliphatic hydroxyl groups excluding tert-OH is 1. The Hall–Kier alpha value is -8.78. The summed E-state index contributed by atoms with van der Waals surface area (Å²) < 4.78 is 0. The molecule has 2 heterocycles. The molecular weight excluding hydrogens is 1120 g/mol. The third-order valence-electron chi connectivity index (χ3n) is 15.5. The van der Waals surface area contributed by atoms with E-state index in [1.165, 1.54) is 23.6 Å². The van der Waals surface area contributed by atoms with Crippen molar-refractivity contribution in [2.75, 3.05) is 19.6 Å².